The Morgan fingerprint density at radius 2 is 2.03 bits per heavy atom. The van der Waals surface area contributed by atoms with E-state index in [0.717, 1.165) is 35.1 Å². The van der Waals surface area contributed by atoms with E-state index in [-0.39, 0.29) is 17.7 Å². The normalized spacial score (nSPS) is 17.3. The van der Waals surface area contributed by atoms with Crippen LogP contribution >= 0.6 is 0 Å². The summed E-state index contributed by atoms with van der Waals surface area (Å²) in [7, 11) is 1.76. The number of carbonyl (C=O) groups is 1. The number of likely N-dealkylation sites (N-methyl/N-ethyl adjacent to an activating group) is 1. The lowest BCUT2D eigenvalue weighted by Crippen LogP contribution is -2.50. The largest absolute Gasteiger partial charge is 0.507 e. The van der Waals surface area contributed by atoms with Crippen LogP contribution in [0.15, 0.2) is 42.6 Å². The highest BCUT2D eigenvalue weighted by Crippen LogP contribution is 2.35. The third-order valence-corrected chi connectivity index (χ3v) is 5.81. The van der Waals surface area contributed by atoms with Crippen LogP contribution in [0, 0.1) is 0 Å². The average molecular weight is 405 g/mol. The Labute approximate surface area is 174 Å². The topological polar surface area (TPSA) is 90.8 Å². The Morgan fingerprint density at radius 1 is 1.20 bits per heavy atom. The van der Waals surface area contributed by atoms with Gasteiger partial charge in [0.1, 0.15) is 11.4 Å². The van der Waals surface area contributed by atoms with Crippen molar-refractivity contribution in [2.24, 2.45) is 0 Å². The smallest absolute Gasteiger partial charge is 0.246 e. The standard InChI is InChI=1S/C22H23N5O3/c1-26-18-12-23-22(24-15-5-6-17-14(11-15)3-2-4-19(17)28)25-21(18)27(13-20(26)29)16-7-9-30-10-8-16/h2-6,11-12,16,28H,7-10,13H2,1H3,(H,23,24,25). The lowest BCUT2D eigenvalue weighted by atomic mass is 10.1. The van der Waals surface area contributed by atoms with E-state index < -0.39 is 0 Å². The van der Waals surface area contributed by atoms with Crippen LogP contribution < -0.4 is 15.1 Å². The quantitative estimate of drug-likeness (QED) is 0.692. The predicted molar refractivity (Wildman–Crippen MR) is 116 cm³/mol. The number of ether oxygens (including phenoxy) is 1. The van der Waals surface area contributed by atoms with Crippen molar-refractivity contribution in [3.05, 3.63) is 42.6 Å². The number of benzene rings is 2. The number of nitrogens with one attached hydrogen (secondary N) is 1. The summed E-state index contributed by atoms with van der Waals surface area (Å²) in [6, 6.07) is 11.4. The van der Waals surface area contributed by atoms with E-state index >= 15 is 0 Å². The van der Waals surface area contributed by atoms with E-state index in [1.165, 1.54) is 0 Å². The van der Waals surface area contributed by atoms with Gasteiger partial charge in [0.2, 0.25) is 11.9 Å². The van der Waals surface area contributed by atoms with Crippen LogP contribution in [0.2, 0.25) is 0 Å². The molecule has 1 aromatic heterocycles. The maximum absolute atomic E-state index is 12.5. The second-order valence-electron chi connectivity index (χ2n) is 7.66. The zero-order valence-corrected chi connectivity index (χ0v) is 16.7. The molecule has 0 radical (unpaired) electrons. The molecule has 0 saturated carbocycles. The molecule has 1 saturated heterocycles. The zero-order valence-electron chi connectivity index (χ0n) is 16.7. The Kier molecular flexibility index (Phi) is 4.63. The van der Waals surface area contributed by atoms with Crippen molar-refractivity contribution in [3.63, 3.8) is 0 Å². The predicted octanol–water partition coefficient (Wildman–Crippen LogP) is 3.04. The van der Waals surface area contributed by atoms with Gasteiger partial charge in [-0.15, -0.1) is 0 Å². The van der Waals surface area contributed by atoms with Gasteiger partial charge in [-0.25, -0.2) is 4.98 Å². The van der Waals surface area contributed by atoms with Crippen molar-refractivity contribution in [1.82, 2.24) is 9.97 Å². The molecule has 3 heterocycles. The van der Waals surface area contributed by atoms with Crippen molar-refractivity contribution in [2.75, 3.05) is 41.9 Å². The van der Waals surface area contributed by atoms with E-state index in [0.29, 0.717) is 31.4 Å². The van der Waals surface area contributed by atoms with E-state index in [2.05, 4.69) is 15.2 Å². The number of aromatic hydroxyl groups is 1. The number of nitrogens with zero attached hydrogens (tertiary/aromatic N) is 4. The first-order valence-corrected chi connectivity index (χ1v) is 10.1. The van der Waals surface area contributed by atoms with Crippen molar-refractivity contribution in [2.45, 2.75) is 18.9 Å². The minimum Gasteiger partial charge on any atom is -0.507 e. The minimum atomic E-state index is 0.0348. The Morgan fingerprint density at radius 3 is 2.87 bits per heavy atom. The van der Waals surface area contributed by atoms with E-state index in [1.54, 1.807) is 24.2 Å². The number of amides is 1. The van der Waals surface area contributed by atoms with Gasteiger partial charge in [0.05, 0.1) is 12.7 Å². The molecule has 0 bridgehead atoms. The fraction of sp³-hybridized carbons (Fsp3) is 0.318. The molecule has 2 N–H and O–H groups in total. The lowest BCUT2D eigenvalue weighted by Gasteiger charge is -2.40. The van der Waals surface area contributed by atoms with Crippen LogP contribution in [0.5, 0.6) is 5.75 Å². The SMILES string of the molecule is CN1C(=O)CN(C2CCOCC2)c2nc(Nc3ccc4c(O)cccc4c3)ncc21. The number of phenols is 1. The molecule has 0 aliphatic carbocycles. The van der Waals surface area contributed by atoms with Crippen LogP contribution in [0.4, 0.5) is 23.1 Å². The summed E-state index contributed by atoms with van der Waals surface area (Å²) in [6.07, 6.45) is 3.44. The molecule has 5 rings (SSSR count). The molecular weight excluding hydrogens is 382 g/mol. The molecule has 2 aliphatic heterocycles. The van der Waals surface area contributed by atoms with Gasteiger partial charge in [-0.2, -0.15) is 4.98 Å². The highest BCUT2D eigenvalue weighted by atomic mass is 16.5. The molecule has 2 aliphatic rings. The molecule has 8 heteroatoms. The summed E-state index contributed by atoms with van der Waals surface area (Å²) in [5, 5.41) is 15.0. The van der Waals surface area contributed by atoms with Crippen LogP contribution in [-0.4, -0.2) is 53.8 Å². The summed E-state index contributed by atoms with van der Waals surface area (Å²) in [5.74, 6) is 1.52. The second kappa shape index (κ2) is 7.46. The zero-order chi connectivity index (χ0) is 20.7. The summed E-state index contributed by atoms with van der Waals surface area (Å²) >= 11 is 0. The molecule has 0 spiro atoms. The summed E-state index contributed by atoms with van der Waals surface area (Å²) in [4.78, 5) is 25.4. The van der Waals surface area contributed by atoms with Crippen molar-refractivity contribution < 1.29 is 14.6 Å². The first kappa shape index (κ1) is 18.6. The molecular formula is C22H23N5O3. The molecule has 3 aromatic rings. The van der Waals surface area contributed by atoms with Gasteiger partial charge in [0.15, 0.2) is 5.82 Å². The van der Waals surface area contributed by atoms with Crippen LogP contribution in [0.25, 0.3) is 10.8 Å². The molecule has 154 valence electrons. The number of fused-ring (bicyclic) bond motifs is 2. The number of phenolic OH excluding ortho intramolecular Hbond substituents is 1. The Bertz CT molecular complexity index is 1110. The molecule has 30 heavy (non-hydrogen) atoms. The van der Waals surface area contributed by atoms with E-state index in [9.17, 15) is 9.90 Å². The van der Waals surface area contributed by atoms with Gasteiger partial charge in [-0.05, 0) is 42.5 Å². The van der Waals surface area contributed by atoms with Crippen LogP contribution in [0.1, 0.15) is 12.8 Å². The lowest BCUT2D eigenvalue weighted by molar-refractivity contribution is -0.117. The molecule has 0 unspecified atom stereocenters. The maximum atomic E-state index is 12.5. The molecule has 0 atom stereocenters. The highest BCUT2D eigenvalue weighted by Gasteiger charge is 2.34. The summed E-state index contributed by atoms with van der Waals surface area (Å²) in [6.45, 7) is 1.70. The number of carbonyl (C=O) groups excluding carboxylic acids is 1. The van der Waals surface area contributed by atoms with Gasteiger partial charge >= 0.3 is 0 Å². The summed E-state index contributed by atoms with van der Waals surface area (Å²) < 4.78 is 5.49. The average Bonchev–Trinajstić information content (AvgIpc) is 2.77. The fourth-order valence-corrected chi connectivity index (χ4v) is 4.11. The highest BCUT2D eigenvalue weighted by molar-refractivity contribution is 6.02. The van der Waals surface area contributed by atoms with Gasteiger partial charge in [0, 0.05) is 37.4 Å². The Balaban J connectivity index is 1.48. The third-order valence-electron chi connectivity index (χ3n) is 5.81. The monoisotopic (exact) mass is 405 g/mol. The van der Waals surface area contributed by atoms with Gasteiger partial charge in [-0.3, -0.25) is 4.79 Å². The van der Waals surface area contributed by atoms with E-state index in [1.807, 2.05) is 30.3 Å². The van der Waals surface area contributed by atoms with Crippen molar-refractivity contribution in [3.8, 4) is 5.75 Å². The van der Waals surface area contributed by atoms with Crippen LogP contribution in [-0.2, 0) is 9.53 Å². The molecule has 1 fully saturated rings. The van der Waals surface area contributed by atoms with Crippen LogP contribution in [0.3, 0.4) is 0 Å². The molecule has 1 amide bonds. The van der Waals surface area contributed by atoms with Gasteiger partial charge in [-0.1, -0.05) is 12.1 Å². The number of rotatable bonds is 3. The first-order chi connectivity index (χ1) is 14.6. The maximum Gasteiger partial charge on any atom is 0.246 e. The summed E-state index contributed by atoms with van der Waals surface area (Å²) in [5.41, 5.74) is 1.54. The number of hydrogen-bond acceptors (Lipinski definition) is 7. The first-order valence-electron chi connectivity index (χ1n) is 10.1. The van der Waals surface area contributed by atoms with Gasteiger partial charge < -0.3 is 25.0 Å². The van der Waals surface area contributed by atoms with Gasteiger partial charge in [0.25, 0.3) is 0 Å². The van der Waals surface area contributed by atoms with Crippen molar-refractivity contribution >= 4 is 39.8 Å². The molecule has 8 nitrogen and oxygen atoms in total. The second-order valence-corrected chi connectivity index (χ2v) is 7.66. The Hall–Kier alpha value is -3.39. The third kappa shape index (κ3) is 3.29. The molecule has 2 aromatic carbocycles. The minimum absolute atomic E-state index is 0.0348. The fourth-order valence-electron chi connectivity index (χ4n) is 4.11. The number of anilines is 4. The van der Waals surface area contributed by atoms with E-state index in [4.69, 9.17) is 9.72 Å². The number of aromatic nitrogens is 2. The van der Waals surface area contributed by atoms with Crippen molar-refractivity contribution in [1.29, 1.82) is 0 Å². The number of hydrogen-bond donors (Lipinski definition) is 2.